The summed E-state index contributed by atoms with van der Waals surface area (Å²) in [5.41, 5.74) is 10.4. The number of nitrogen functional groups attached to an aromatic ring is 1. The molecule has 0 amide bonds. The smallest absolute Gasteiger partial charge is 0.174 e. The van der Waals surface area contributed by atoms with Crippen LogP contribution >= 0.6 is 0 Å². The molecule has 0 atom stereocenters. The number of hydrogen-bond acceptors (Lipinski definition) is 5. The highest BCUT2D eigenvalue weighted by Crippen LogP contribution is 2.37. The fourth-order valence-electron chi connectivity index (χ4n) is 4.22. The van der Waals surface area contributed by atoms with Gasteiger partial charge in [0.2, 0.25) is 0 Å². The van der Waals surface area contributed by atoms with Crippen LogP contribution in [0.3, 0.4) is 0 Å². The van der Waals surface area contributed by atoms with Crippen molar-refractivity contribution in [1.29, 1.82) is 0 Å². The maximum Gasteiger partial charge on any atom is 0.174 e. The minimum atomic E-state index is 0.433. The van der Waals surface area contributed by atoms with E-state index in [1.54, 1.807) is 7.11 Å². The van der Waals surface area contributed by atoms with Gasteiger partial charge in [-0.05, 0) is 37.0 Å². The molecule has 1 saturated carbocycles. The molecule has 0 unspecified atom stereocenters. The molecule has 1 fully saturated rings. The van der Waals surface area contributed by atoms with E-state index in [1.807, 2.05) is 12.1 Å². The summed E-state index contributed by atoms with van der Waals surface area (Å²) in [6, 6.07) is 8.24. The SMILES string of the molecule is CCCCc1nc2c(N)nnc(C3CCCC3)c2n1Cc1ccc(OC)cc1. The first-order chi connectivity index (χ1) is 13.7. The summed E-state index contributed by atoms with van der Waals surface area (Å²) in [7, 11) is 1.69. The molecule has 4 rings (SSSR count). The zero-order valence-electron chi connectivity index (χ0n) is 16.8. The Bertz CT molecular complexity index is 942. The maximum absolute atomic E-state index is 6.20. The van der Waals surface area contributed by atoms with Crippen LogP contribution in [0.25, 0.3) is 11.0 Å². The highest BCUT2D eigenvalue weighted by Gasteiger charge is 2.26. The quantitative estimate of drug-likeness (QED) is 0.655. The summed E-state index contributed by atoms with van der Waals surface area (Å²) in [5.74, 6) is 2.84. The van der Waals surface area contributed by atoms with Gasteiger partial charge in [-0.2, -0.15) is 5.10 Å². The van der Waals surface area contributed by atoms with E-state index in [-0.39, 0.29) is 0 Å². The van der Waals surface area contributed by atoms with Gasteiger partial charge in [0.1, 0.15) is 17.1 Å². The molecule has 0 saturated heterocycles. The van der Waals surface area contributed by atoms with Crippen molar-refractivity contribution in [3.05, 3.63) is 41.3 Å². The van der Waals surface area contributed by atoms with E-state index in [2.05, 4.69) is 33.8 Å². The van der Waals surface area contributed by atoms with Crippen molar-refractivity contribution in [3.63, 3.8) is 0 Å². The number of aromatic nitrogens is 4. The van der Waals surface area contributed by atoms with Crippen molar-refractivity contribution < 1.29 is 4.74 Å². The van der Waals surface area contributed by atoms with Gasteiger partial charge in [0, 0.05) is 18.9 Å². The molecule has 148 valence electrons. The molecule has 1 aliphatic rings. The van der Waals surface area contributed by atoms with E-state index in [9.17, 15) is 0 Å². The van der Waals surface area contributed by atoms with Gasteiger partial charge in [-0.1, -0.05) is 38.3 Å². The summed E-state index contributed by atoms with van der Waals surface area (Å²) < 4.78 is 7.62. The largest absolute Gasteiger partial charge is 0.497 e. The molecule has 2 heterocycles. The zero-order chi connectivity index (χ0) is 19.5. The lowest BCUT2D eigenvalue weighted by atomic mass is 10.0. The number of nitrogens with zero attached hydrogens (tertiary/aromatic N) is 4. The van der Waals surface area contributed by atoms with Crippen LogP contribution < -0.4 is 10.5 Å². The summed E-state index contributed by atoms with van der Waals surface area (Å²) >= 11 is 0. The number of anilines is 1. The van der Waals surface area contributed by atoms with E-state index in [4.69, 9.17) is 15.5 Å². The van der Waals surface area contributed by atoms with Crippen LogP contribution in [0.15, 0.2) is 24.3 Å². The van der Waals surface area contributed by atoms with Crippen LogP contribution in [-0.2, 0) is 13.0 Å². The Hall–Kier alpha value is -2.63. The number of methoxy groups -OCH3 is 1. The lowest BCUT2D eigenvalue weighted by Gasteiger charge is -2.14. The fraction of sp³-hybridized carbons (Fsp3) is 0.500. The normalized spacial score (nSPS) is 14.8. The Morgan fingerprint density at radius 1 is 1.14 bits per heavy atom. The third kappa shape index (κ3) is 3.55. The fourth-order valence-corrected chi connectivity index (χ4v) is 4.22. The Kier molecular flexibility index (Phi) is 5.46. The molecule has 2 aromatic heterocycles. The molecule has 0 spiro atoms. The monoisotopic (exact) mass is 379 g/mol. The molecule has 1 aromatic carbocycles. The van der Waals surface area contributed by atoms with Crippen molar-refractivity contribution in [3.8, 4) is 5.75 Å². The highest BCUT2D eigenvalue weighted by molar-refractivity contribution is 5.87. The van der Waals surface area contributed by atoms with E-state index < -0.39 is 0 Å². The predicted octanol–water partition coefficient (Wildman–Crippen LogP) is 4.47. The number of benzene rings is 1. The van der Waals surface area contributed by atoms with Gasteiger partial charge in [-0.3, -0.25) is 0 Å². The average Bonchev–Trinajstić information content (AvgIpc) is 3.37. The second-order valence-electron chi connectivity index (χ2n) is 7.71. The lowest BCUT2D eigenvalue weighted by Crippen LogP contribution is -2.10. The van der Waals surface area contributed by atoms with Crippen LogP contribution in [-0.4, -0.2) is 26.9 Å². The first kappa shape index (κ1) is 18.7. The van der Waals surface area contributed by atoms with Crippen LogP contribution in [0.5, 0.6) is 5.75 Å². The van der Waals surface area contributed by atoms with Gasteiger partial charge in [0.05, 0.1) is 18.3 Å². The summed E-state index contributed by atoms with van der Waals surface area (Å²) in [4.78, 5) is 4.92. The summed E-state index contributed by atoms with van der Waals surface area (Å²) in [6.45, 7) is 2.96. The molecule has 6 nitrogen and oxygen atoms in total. The van der Waals surface area contributed by atoms with Gasteiger partial charge < -0.3 is 15.0 Å². The average molecular weight is 380 g/mol. The number of unbranched alkanes of at least 4 members (excludes halogenated alkanes) is 1. The molecule has 1 aliphatic carbocycles. The molecular weight excluding hydrogens is 350 g/mol. The van der Waals surface area contributed by atoms with Gasteiger partial charge in [-0.25, -0.2) is 4.98 Å². The second kappa shape index (κ2) is 8.17. The van der Waals surface area contributed by atoms with Crippen molar-refractivity contribution in [1.82, 2.24) is 19.7 Å². The van der Waals surface area contributed by atoms with Crippen molar-refractivity contribution in [2.75, 3.05) is 12.8 Å². The van der Waals surface area contributed by atoms with Gasteiger partial charge in [-0.15, -0.1) is 5.10 Å². The van der Waals surface area contributed by atoms with Gasteiger partial charge in [0.15, 0.2) is 5.82 Å². The van der Waals surface area contributed by atoms with Crippen molar-refractivity contribution in [2.45, 2.75) is 64.3 Å². The van der Waals surface area contributed by atoms with Gasteiger partial charge >= 0.3 is 0 Å². The molecule has 0 radical (unpaired) electrons. The van der Waals surface area contributed by atoms with Gasteiger partial charge in [0.25, 0.3) is 0 Å². The molecule has 2 N–H and O–H groups in total. The molecule has 0 bridgehead atoms. The van der Waals surface area contributed by atoms with Crippen molar-refractivity contribution in [2.24, 2.45) is 0 Å². The number of hydrogen-bond donors (Lipinski definition) is 1. The number of nitrogens with two attached hydrogens (primary N) is 1. The third-order valence-corrected chi connectivity index (χ3v) is 5.79. The minimum Gasteiger partial charge on any atom is -0.497 e. The maximum atomic E-state index is 6.20. The molecule has 6 heteroatoms. The van der Waals surface area contributed by atoms with E-state index in [0.29, 0.717) is 11.7 Å². The van der Waals surface area contributed by atoms with E-state index >= 15 is 0 Å². The highest BCUT2D eigenvalue weighted by atomic mass is 16.5. The molecule has 0 aliphatic heterocycles. The van der Waals surface area contributed by atoms with Crippen LogP contribution in [0, 0.1) is 0 Å². The Balaban J connectivity index is 1.83. The second-order valence-corrected chi connectivity index (χ2v) is 7.71. The Morgan fingerprint density at radius 2 is 1.89 bits per heavy atom. The topological polar surface area (TPSA) is 78.9 Å². The van der Waals surface area contributed by atoms with Crippen LogP contribution in [0.1, 0.15) is 68.4 Å². The first-order valence-corrected chi connectivity index (χ1v) is 10.3. The number of fused-ring (bicyclic) bond motifs is 1. The lowest BCUT2D eigenvalue weighted by molar-refractivity contribution is 0.414. The molecule has 3 aromatic rings. The van der Waals surface area contributed by atoms with Crippen LogP contribution in [0.2, 0.25) is 0 Å². The van der Waals surface area contributed by atoms with Crippen LogP contribution in [0.4, 0.5) is 5.82 Å². The Labute approximate surface area is 166 Å². The predicted molar refractivity (Wildman–Crippen MR) is 112 cm³/mol. The number of rotatable bonds is 7. The van der Waals surface area contributed by atoms with Crippen molar-refractivity contribution >= 4 is 16.9 Å². The molecular formula is C22H29N5O. The van der Waals surface area contributed by atoms with E-state index in [1.165, 1.54) is 31.2 Å². The summed E-state index contributed by atoms with van der Waals surface area (Å²) in [6.07, 6.45) is 8.03. The number of aryl methyl sites for hydroxylation is 1. The third-order valence-electron chi connectivity index (χ3n) is 5.79. The minimum absolute atomic E-state index is 0.433. The standard InChI is InChI=1S/C22H29N5O/c1-3-4-9-18-24-20-21(19(25-26-22(20)23)16-7-5-6-8-16)27(18)14-15-10-12-17(28-2)13-11-15/h10-13,16H,3-9,14H2,1-2H3,(H2,23,26). The number of ether oxygens (including phenoxy) is 1. The molecule has 28 heavy (non-hydrogen) atoms. The zero-order valence-corrected chi connectivity index (χ0v) is 16.8. The van der Waals surface area contributed by atoms with E-state index in [0.717, 1.165) is 54.1 Å². The first-order valence-electron chi connectivity index (χ1n) is 10.3. The Morgan fingerprint density at radius 3 is 2.57 bits per heavy atom. The summed E-state index contributed by atoms with van der Waals surface area (Å²) in [5, 5.41) is 8.81. The number of imidazole rings is 1.